The maximum Gasteiger partial charge on any atom is 0.224 e. The summed E-state index contributed by atoms with van der Waals surface area (Å²) >= 11 is 5.97. The van der Waals surface area contributed by atoms with Gasteiger partial charge >= 0.3 is 0 Å². The molecule has 0 N–H and O–H groups in total. The van der Waals surface area contributed by atoms with Crippen LogP contribution in [0.2, 0.25) is 5.28 Å². The summed E-state index contributed by atoms with van der Waals surface area (Å²) in [6.45, 7) is 2.16. The van der Waals surface area contributed by atoms with Crippen molar-refractivity contribution in [3.8, 4) is 0 Å². The first-order valence-corrected chi connectivity index (χ1v) is 8.04. The van der Waals surface area contributed by atoms with Crippen molar-refractivity contribution in [3.63, 3.8) is 0 Å². The van der Waals surface area contributed by atoms with Crippen LogP contribution in [0.3, 0.4) is 0 Å². The topological polar surface area (TPSA) is 57.0 Å². The van der Waals surface area contributed by atoms with Crippen LogP contribution in [0.5, 0.6) is 0 Å². The van der Waals surface area contributed by atoms with Gasteiger partial charge in [0.25, 0.3) is 0 Å². The first kappa shape index (κ1) is 15.4. The van der Waals surface area contributed by atoms with Gasteiger partial charge in [-0.1, -0.05) is 6.92 Å². The molecule has 1 aliphatic rings. The van der Waals surface area contributed by atoms with Crippen molar-refractivity contribution in [1.29, 1.82) is 0 Å². The minimum atomic E-state index is -0.106. The number of ether oxygens (including phenoxy) is 1. The summed E-state index contributed by atoms with van der Waals surface area (Å²) in [7, 11) is 1.76. The second-order valence-corrected chi connectivity index (χ2v) is 6.29. The van der Waals surface area contributed by atoms with E-state index in [4.69, 9.17) is 16.3 Å². The predicted molar refractivity (Wildman–Crippen MR) is 85.5 cm³/mol. The van der Waals surface area contributed by atoms with Gasteiger partial charge in [-0.3, -0.25) is 4.79 Å². The quantitative estimate of drug-likeness (QED) is 0.638. The van der Waals surface area contributed by atoms with Crippen molar-refractivity contribution >= 4 is 28.9 Å². The summed E-state index contributed by atoms with van der Waals surface area (Å²) < 4.78 is 7.56. The van der Waals surface area contributed by atoms with E-state index in [0.717, 1.165) is 49.4 Å². The van der Waals surface area contributed by atoms with Crippen molar-refractivity contribution in [2.24, 2.45) is 0 Å². The van der Waals surface area contributed by atoms with Crippen molar-refractivity contribution < 1.29 is 9.53 Å². The normalized spacial score (nSPS) is 25.5. The Hall–Kier alpha value is -1.46. The van der Waals surface area contributed by atoms with Gasteiger partial charge in [-0.05, 0) is 49.8 Å². The predicted octanol–water partition coefficient (Wildman–Crippen LogP) is 3.59. The molecule has 1 aliphatic carbocycles. The van der Waals surface area contributed by atoms with Crippen LogP contribution in [-0.4, -0.2) is 34.0 Å². The highest BCUT2D eigenvalue weighted by molar-refractivity contribution is 6.28. The fourth-order valence-electron chi connectivity index (χ4n) is 3.67. The number of carbonyl (C=O) groups is 1. The fourth-order valence-corrected chi connectivity index (χ4v) is 3.80. The van der Waals surface area contributed by atoms with E-state index in [1.165, 1.54) is 0 Å². The van der Waals surface area contributed by atoms with Gasteiger partial charge in [0.05, 0.1) is 11.8 Å². The molecule has 0 aliphatic heterocycles. The molecule has 5 nitrogen and oxygen atoms in total. The van der Waals surface area contributed by atoms with Crippen LogP contribution in [0, 0.1) is 0 Å². The van der Waals surface area contributed by atoms with Crippen molar-refractivity contribution in [2.75, 3.05) is 7.11 Å². The number of halogens is 1. The molecule has 1 saturated carbocycles. The smallest absolute Gasteiger partial charge is 0.224 e. The summed E-state index contributed by atoms with van der Waals surface area (Å²) in [5, 5.41) is 1.06. The molecule has 118 valence electrons. The lowest BCUT2D eigenvalue weighted by molar-refractivity contribution is 0.0296. The van der Waals surface area contributed by atoms with E-state index in [0.29, 0.717) is 11.8 Å². The fraction of sp³-hybridized carbons (Fsp3) is 0.562. The molecule has 3 rings (SSSR count). The van der Waals surface area contributed by atoms with Gasteiger partial charge < -0.3 is 9.30 Å². The van der Waals surface area contributed by atoms with E-state index in [1.807, 2.05) is 6.07 Å². The van der Waals surface area contributed by atoms with E-state index in [9.17, 15) is 4.79 Å². The SMILES string of the molecule is CCC1(n2c(C=O)cc3cnc(Cl)nc32)CCC(OC)CC1. The lowest BCUT2D eigenvalue weighted by Crippen LogP contribution is -2.40. The highest BCUT2D eigenvalue weighted by atomic mass is 35.5. The van der Waals surface area contributed by atoms with Crippen LogP contribution in [0.4, 0.5) is 0 Å². The zero-order valence-corrected chi connectivity index (χ0v) is 13.6. The largest absolute Gasteiger partial charge is 0.381 e. The Balaban J connectivity index is 2.14. The maximum absolute atomic E-state index is 11.6. The summed E-state index contributed by atoms with van der Waals surface area (Å²) in [6, 6.07) is 1.85. The molecule has 2 aromatic rings. The molecule has 0 spiro atoms. The van der Waals surface area contributed by atoms with Gasteiger partial charge in [0, 0.05) is 24.2 Å². The Kier molecular flexibility index (Phi) is 4.19. The van der Waals surface area contributed by atoms with Crippen LogP contribution in [-0.2, 0) is 10.3 Å². The molecule has 0 bridgehead atoms. The first-order valence-electron chi connectivity index (χ1n) is 7.66. The minimum Gasteiger partial charge on any atom is -0.381 e. The molecular weight excluding hydrogens is 302 g/mol. The number of rotatable bonds is 4. The second kappa shape index (κ2) is 5.97. The Labute approximate surface area is 134 Å². The number of hydrogen-bond acceptors (Lipinski definition) is 4. The molecule has 0 unspecified atom stereocenters. The molecule has 0 radical (unpaired) electrons. The second-order valence-electron chi connectivity index (χ2n) is 5.95. The molecule has 0 atom stereocenters. The van der Waals surface area contributed by atoms with Crippen molar-refractivity contribution in [1.82, 2.24) is 14.5 Å². The lowest BCUT2D eigenvalue weighted by Gasteiger charge is -2.41. The van der Waals surface area contributed by atoms with Crippen molar-refractivity contribution in [2.45, 2.75) is 50.7 Å². The van der Waals surface area contributed by atoms with E-state index in [2.05, 4.69) is 21.5 Å². The number of aldehydes is 1. The van der Waals surface area contributed by atoms with Crippen LogP contribution in [0.25, 0.3) is 11.0 Å². The Morgan fingerprint density at radius 2 is 2.23 bits per heavy atom. The standard InChI is InChI=1S/C16H20ClN3O2/c1-3-16(6-4-13(22-2)5-7-16)20-12(10-21)8-11-9-18-15(17)19-14(11)20/h8-10,13H,3-7H2,1-2H3. The van der Waals surface area contributed by atoms with Crippen molar-refractivity contribution in [3.05, 3.63) is 23.2 Å². The zero-order valence-electron chi connectivity index (χ0n) is 12.9. The number of hydrogen-bond donors (Lipinski definition) is 0. The van der Waals surface area contributed by atoms with Gasteiger partial charge in [0.15, 0.2) is 6.29 Å². The lowest BCUT2D eigenvalue weighted by atomic mass is 9.78. The van der Waals surface area contributed by atoms with E-state index in [-0.39, 0.29) is 10.8 Å². The Bertz CT molecular complexity index is 690. The third-order valence-corrected chi connectivity index (χ3v) is 5.17. The average Bonchev–Trinajstić information content (AvgIpc) is 2.93. The summed E-state index contributed by atoms with van der Waals surface area (Å²) in [5.74, 6) is 0. The average molecular weight is 322 g/mol. The maximum atomic E-state index is 11.6. The molecule has 22 heavy (non-hydrogen) atoms. The van der Waals surface area contributed by atoms with Crippen LogP contribution in [0.1, 0.15) is 49.5 Å². The van der Waals surface area contributed by atoms with E-state index in [1.54, 1.807) is 13.3 Å². The molecular formula is C16H20ClN3O2. The Morgan fingerprint density at radius 1 is 1.50 bits per heavy atom. The number of fused-ring (bicyclic) bond motifs is 1. The molecule has 1 fully saturated rings. The van der Waals surface area contributed by atoms with Gasteiger partial charge in [-0.15, -0.1) is 0 Å². The molecule has 0 aromatic carbocycles. The summed E-state index contributed by atoms with van der Waals surface area (Å²) in [5.41, 5.74) is 1.29. The zero-order chi connectivity index (χ0) is 15.7. The first-order chi connectivity index (χ1) is 10.6. The van der Waals surface area contributed by atoms with E-state index < -0.39 is 0 Å². The highest BCUT2D eigenvalue weighted by Gasteiger charge is 2.38. The third kappa shape index (κ3) is 2.42. The minimum absolute atomic E-state index is 0.106. The van der Waals surface area contributed by atoms with Crippen LogP contribution < -0.4 is 0 Å². The summed E-state index contributed by atoms with van der Waals surface area (Å²) in [6.07, 6.45) is 7.73. The molecule has 0 amide bonds. The molecule has 2 aromatic heterocycles. The highest BCUT2D eigenvalue weighted by Crippen LogP contribution is 2.41. The van der Waals surface area contributed by atoms with Crippen LogP contribution in [0.15, 0.2) is 12.3 Å². The number of carbonyl (C=O) groups excluding carboxylic acids is 1. The molecule has 0 saturated heterocycles. The number of aromatic nitrogens is 3. The molecule has 6 heteroatoms. The number of nitrogens with zero attached hydrogens (tertiary/aromatic N) is 3. The van der Waals surface area contributed by atoms with Gasteiger partial charge in [0.1, 0.15) is 5.65 Å². The van der Waals surface area contributed by atoms with Gasteiger partial charge in [-0.2, -0.15) is 4.98 Å². The van der Waals surface area contributed by atoms with E-state index >= 15 is 0 Å². The molecule has 2 heterocycles. The van der Waals surface area contributed by atoms with Gasteiger partial charge in [-0.25, -0.2) is 4.98 Å². The van der Waals surface area contributed by atoms with Gasteiger partial charge in [0.2, 0.25) is 5.28 Å². The summed E-state index contributed by atoms with van der Waals surface area (Å²) in [4.78, 5) is 20.0. The van der Waals surface area contributed by atoms with Crippen LogP contribution >= 0.6 is 11.6 Å². The Morgan fingerprint density at radius 3 is 2.82 bits per heavy atom. The third-order valence-electron chi connectivity index (χ3n) is 4.99. The monoisotopic (exact) mass is 321 g/mol. The number of methoxy groups -OCH3 is 1.